The molecule has 2 aliphatic rings. The maximum Gasteiger partial charge on any atom is 0.164 e. The van der Waals surface area contributed by atoms with E-state index in [0.717, 1.165) is 54.4 Å². The van der Waals surface area contributed by atoms with E-state index in [1.807, 2.05) is 18.3 Å². The van der Waals surface area contributed by atoms with Gasteiger partial charge in [-0.2, -0.15) is 0 Å². The average molecular weight is 354 g/mol. The van der Waals surface area contributed by atoms with Gasteiger partial charge in [0.25, 0.3) is 0 Å². The van der Waals surface area contributed by atoms with E-state index >= 15 is 0 Å². The minimum Gasteiger partial charge on any atom is -0.496 e. The first-order chi connectivity index (χ1) is 12.8. The third-order valence-electron chi connectivity index (χ3n) is 5.17. The quantitative estimate of drug-likeness (QED) is 0.831. The standard InChI is InChI=1S/C21H26N2O3/c1-24-19-14-21-20(25-11-6-12-26-21)13-16(19)15-23-10-5-3-8-18(23)17-7-2-4-9-22-17/h2,4,7,9,13-14,18H,3,5-6,8,10-12,15H2,1H3/t18-/m0/s1. The molecule has 3 heterocycles. The molecule has 0 saturated carbocycles. The Morgan fingerprint density at radius 1 is 1.12 bits per heavy atom. The number of likely N-dealkylation sites (tertiary alicyclic amines) is 1. The molecule has 2 aromatic rings. The molecule has 0 radical (unpaired) electrons. The first-order valence-corrected chi connectivity index (χ1v) is 9.46. The zero-order valence-corrected chi connectivity index (χ0v) is 15.3. The molecule has 4 rings (SSSR count). The molecule has 0 spiro atoms. The molecule has 5 nitrogen and oxygen atoms in total. The van der Waals surface area contributed by atoms with E-state index in [9.17, 15) is 0 Å². The van der Waals surface area contributed by atoms with Gasteiger partial charge < -0.3 is 14.2 Å². The maximum atomic E-state index is 5.88. The van der Waals surface area contributed by atoms with Crippen molar-refractivity contribution in [3.63, 3.8) is 0 Å². The molecule has 138 valence electrons. The average Bonchev–Trinajstić information content (AvgIpc) is 2.93. The van der Waals surface area contributed by atoms with Crippen molar-refractivity contribution in [2.24, 2.45) is 0 Å². The van der Waals surface area contributed by atoms with Crippen molar-refractivity contribution in [1.82, 2.24) is 9.88 Å². The lowest BCUT2D eigenvalue weighted by Gasteiger charge is -2.35. The second-order valence-electron chi connectivity index (χ2n) is 6.90. The molecule has 1 saturated heterocycles. The molecule has 0 unspecified atom stereocenters. The third-order valence-corrected chi connectivity index (χ3v) is 5.17. The molecule has 5 heteroatoms. The summed E-state index contributed by atoms with van der Waals surface area (Å²) < 4.78 is 17.3. The van der Waals surface area contributed by atoms with E-state index in [0.29, 0.717) is 19.3 Å². The lowest BCUT2D eigenvalue weighted by Crippen LogP contribution is -2.33. The minimum atomic E-state index is 0.352. The van der Waals surface area contributed by atoms with Gasteiger partial charge in [-0.05, 0) is 37.6 Å². The lowest BCUT2D eigenvalue weighted by atomic mass is 9.97. The Kier molecular flexibility index (Phi) is 5.25. The van der Waals surface area contributed by atoms with Gasteiger partial charge in [-0.1, -0.05) is 12.5 Å². The van der Waals surface area contributed by atoms with E-state index in [-0.39, 0.29) is 0 Å². The SMILES string of the molecule is COc1cc2c(cc1CN1CCCC[C@H]1c1ccccn1)OCCCO2. The van der Waals surface area contributed by atoms with Crippen molar-refractivity contribution < 1.29 is 14.2 Å². The van der Waals surface area contributed by atoms with Crippen molar-refractivity contribution >= 4 is 0 Å². The van der Waals surface area contributed by atoms with Gasteiger partial charge in [-0.25, -0.2) is 0 Å². The van der Waals surface area contributed by atoms with Crippen LogP contribution in [0.25, 0.3) is 0 Å². The molecule has 2 aliphatic heterocycles. The van der Waals surface area contributed by atoms with Crippen LogP contribution in [0.3, 0.4) is 0 Å². The number of rotatable bonds is 4. The molecular formula is C21H26N2O3. The number of fused-ring (bicyclic) bond motifs is 1. The maximum absolute atomic E-state index is 5.88. The fourth-order valence-corrected chi connectivity index (χ4v) is 3.85. The summed E-state index contributed by atoms with van der Waals surface area (Å²) >= 11 is 0. The highest BCUT2D eigenvalue weighted by Gasteiger charge is 2.26. The number of piperidine rings is 1. The van der Waals surface area contributed by atoms with Crippen LogP contribution in [0.2, 0.25) is 0 Å². The summed E-state index contributed by atoms with van der Waals surface area (Å²) in [4.78, 5) is 7.11. The molecule has 0 bridgehead atoms. The number of nitrogens with zero attached hydrogens (tertiary/aromatic N) is 2. The van der Waals surface area contributed by atoms with Gasteiger partial charge in [0.15, 0.2) is 11.5 Å². The molecular weight excluding hydrogens is 328 g/mol. The molecule has 1 atom stereocenters. The van der Waals surface area contributed by atoms with Gasteiger partial charge in [0.2, 0.25) is 0 Å². The van der Waals surface area contributed by atoms with E-state index in [4.69, 9.17) is 14.2 Å². The van der Waals surface area contributed by atoms with Crippen LogP contribution in [-0.4, -0.2) is 36.8 Å². The Morgan fingerprint density at radius 3 is 2.73 bits per heavy atom. The van der Waals surface area contributed by atoms with Crippen LogP contribution in [0.1, 0.15) is 43.0 Å². The van der Waals surface area contributed by atoms with Crippen LogP contribution in [0.5, 0.6) is 17.2 Å². The van der Waals surface area contributed by atoms with Gasteiger partial charge >= 0.3 is 0 Å². The number of benzene rings is 1. The van der Waals surface area contributed by atoms with Crippen LogP contribution >= 0.6 is 0 Å². The minimum absolute atomic E-state index is 0.352. The largest absolute Gasteiger partial charge is 0.496 e. The van der Waals surface area contributed by atoms with Crippen LogP contribution in [0, 0.1) is 0 Å². The zero-order chi connectivity index (χ0) is 17.8. The molecule has 1 fully saturated rings. The number of aromatic nitrogens is 1. The van der Waals surface area contributed by atoms with Gasteiger partial charge in [0.05, 0.1) is 32.1 Å². The Morgan fingerprint density at radius 2 is 1.96 bits per heavy atom. The fraction of sp³-hybridized carbons (Fsp3) is 0.476. The summed E-state index contributed by atoms with van der Waals surface area (Å²) in [6.45, 7) is 3.27. The van der Waals surface area contributed by atoms with Crippen molar-refractivity contribution in [3.05, 3.63) is 47.8 Å². The zero-order valence-electron chi connectivity index (χ0n) is 15.3. The van der Waals surface area contributed by atoms with Crippen molar-refractivity contribution in [1.29, 1.82) is 0 Å². The van der Waals surface area contributed by atoms with E-state index in [1.54, 1.807) is 7.11 Å². The van der Waals surface area contributed by atoms with Gasteiger partial charge in [0, 0.05) is 30.8 Å². The van der Waals surface area contributed by atoms with Crippen molar-refractivity contribution in [2.75, 3.05) is 26.9 Å². The Hall–Kier alpha value is -2.27. The highest BCUT2D eigenvalue weighted by molar-refractivity contribution is 5.51. The van der Waals surface area contributed by atoms with Gasteiger partial charge in [-0.3, -0.25) is 9.88 Å². The van der Waals surface area contributed by atoms with Crippen LogP contribution in [-0.2, 0) is 6.54 Å². The second kappa shape index (κ2) is 7.96. The summed E-state index contributed by atoms with van der Waals surface area (Å²) in [5, 5.41) is 0. The second-order valence-corrected chi connectivity index (χ2v) is 6.90. The highest BCUT2D eigenvalue weighted by atomic mass is 16.5. The highest BCUT2D eigenvalue weighted by Crippen LogP contribution is 2.39. The lowest BCUT2D eigenvalue weighted by molar-refractivity contribution is 0.135. The van der Waals surface area contributed by atoms with Gasteiger partial charge in [0.1, 0.15) is 5.75 Å². The fourth-order valence-electron chi connectivity index (χ4n) is 3.85. The van der Waals surface area contributed by atoms with Crippen molar-refractivity contribution in [2.45, 2.75) is 38.3 Å². The molecule has 1 aromatic carbocycles. The Balaban J connectivity index is 1.61. The third kappa shape index (κ3) is 3.63. The van der Waals surface area contributed by atoms with Crippen LogP contribution in [0.4, 0.5) is 0 Å². The number of hydrogen-bond donors (Lipinski definition) is 0. The molecule has 1 aromatic heterocycles. The summed E-state index contributed by atoms with van der Waals surface area (Å²) in [6.07, 6.45) is 6.40. The first kappa shape index (κ1) is 17.2. The summed E-state index contributed by atoms with van der Waals surface area (Å²) in [7, 11) is 1.72. The Labute approximate surface area is 154 Å². The van der Waals surface area contributed by atoms with E-state index in [1.165, 1.54) is 12.8 Å². The van der Waals surface area contributed by atoms with Gasteiger partial charge in [-0.15, -0.1) is 0 Å². The van der Waals surface area contributed by atoms with E-state index < -0.39 is 0 Å². The predicted octanol–water partition coefficient (Wildman–Crippen LogP) is 3.98. The van der Waals surface area contributed by atoms with E-state index in [2.05, 4.69) is 28.1 Å². The molecule has 0 N–H and O–H groups in total. The molecule has 26 heavy (non-hydrogen) atoms. The summed E-state index contributed by atoms with van der Waals surface area (Å²) in [5.74, 6) is 2.47. The molecule has 0 amide bonds. The summed E-state index contributed by atoms with van der Waals surface area (Å²) in [5.41, 5.74) is 2.29. The Bertz CT molecular complexity index is 736. The first-order valence-electron chi connectivity index (χ1n) is 9.46. The normalized spacial score (nSPS) is 20.4. The monoisotopic (exact) mass is 354 g/mol. The summed E-state index contributed by atoms with van der Waals surface area (Å²) in [6, 6.07) is 10.6. The molecule has 0 aliphatic carbocycles. The van der Waals surface area contributed by atoms with Crippen molar-refractivity contribution in [3.8, 4) is 17.2 Å². The topological polar surface area (TPSA) is 43.8 Å². The van der Waals surface area contributed by atoms with Crippen LogP contribution in [0.15, 0.2) is 36.5 Å². The number of methoxy groups -OCH3 is 1. The smallest absolute Gasteiger partial charge is 0.164 e. The van der Waals surface area contributed by atoms with Crippen LogP contribution < -0.4 is 14.2 Å². The predicted molar refractivity (Wildman–Crippen MR) is 99.8 cm³/mol. The number of hydrogen-bond acceptors (Lipinski definition) is 5. The number of ether oxygens (including phenoxy) is 3. The number of pyridine rings is 1.